The average molecular weight is 277 g/mol. The minimum atomic E-state index is -3.18. The van der Waals surface area contributed by atoms with Crippen molar-refractivity contribution in [2.45, 2.75) is 38.0 Å². The van der Waals surface area contributed by atoms with Crippen LogP contribution < -0.4 is 5.32 Å². The minimum absolute atomic E-state index is 0.371. The van der Waals surface area contributed by atoms with Crippen molar-refractivity contribution < 1.29 is 8.42 Å². The van der Waals surface area contributed by atoms with E-state index in [0.717, 1.165) is 19.5 Å². The number of nitrogens with one attached hydrogen (secondary N) is 1. The van der Waals surface area contributed by atoms with E-state index in [1.54, 1.807) is 21.0 Å². The van der Waals surface area contributed by atoms with Crippen LogP contribution in [0.1, 0.15) is 26.7 Å². The molecule has 0 radical (unpaired) electrons. The van der Waals surface area contributed by atoms with Gasteiger partial charge in [0.2, 0.25) is 10.0 Å². The predicted molar refractivity (Wildman–Crippen MR) is 75.2 cm³/mol. The van der Waals surface area contributed by atoms with E-state index < -0.39 is 10.0 Å². The number of sulfonamides is 1. The molecule has 1 saturated heterocycles. The van der Waals surface area contributed by atoms with Crippen molar-refractivity contribution in [1.82, 2.24) is 14.5 Å². The zero-order valence-corrected chi connectivity index (χ0v) is 12.8. The van der Waals surface area contributed by atoms with Gasteiger partial charge in [0.1, 0.15) is 0 Å². The van der Waals surface area contributed by atoms with Gasteiger partial charge in [-0.2, -0.15) is 0 Å². The van der Waals surface area contributed by atoms with E-state index in [-0.39, 0.29) is 5.25 Å². The number of nitrogens with zero attached hydrogens (tertiary/aromatic N) is 2. The molecule has 0 spiro atoms. The monoisotopic (exact) mass is 277 g/mol. The lowest BCUT2D eigenvalue weighted by molar-refractivity contribution is 0.237. The Morgan fingerprint density at radius 3 is 2.72 bits per heavy atom. The van der Waals surface area contributed by atoms with Crippen molar-refractivity contribution in [3.05, 3.63) is 0 Å². The van der Waals surface area contributed by atoms with Gasteiger partial charge in [-0.1, -0.05) is 6.92 Å². The smallest absolute Gasteiger partial charge is 0.217 e. The Morgan fingerprint density at radius 2 is 2.17 bits per heavy atom. The molecule has 108 valence electrons. The molecular weight excluding hydrogens is 250 g/mol. The molecule has 18 heavy (non-hydrogen) atoms. The highest BCUT2D eigenvalue weighted by Gasteiger charge is 2.30. The summed E-state index contributed by atoms with van der Waals surface area (Å²) < 4.78 is 26.1. The van der Waals surface area contributed by atoms with E-state index in [2.05, 4.69) is 17.1 Å². The Balaban J connectivity index is 2.61. The fraction of sp³-hybridized carbons (Fsp3) is 1.00. The molecule has 5 nitrogen and oxygen atoms in total. The normalized spacial score (nSPS) is 23.7. The lowest BCUT2D eigenvalue weighted by Gasteiger charge is -2.29. The number of hydrogen-bond donors (Lipinski definition) is 1. The molecule has 1 aliphatic rings. The van der Waals surface area contributed by atoms with Crippen LogP contribution in [0.15, 0.2) is 0 Å². The van der Waals surface area contributed by atoms with E-state index in [0.29, 0.717) is 19.1 Å². The first-order chi connectivity index (χ1) is 8.43. The first kappa shape index (κ1) is 15.9. The number of rotatable bonds is 7. The third-order valence-electron chi connectivity index (χ3n) is 3.81. The molecule has 0 aromatic heterocycles. The lowest BCUT2D eigenvalue weighted by Crippen LogP contribution is -2.45. The molecule has 0 bridgehead atoms. The van der Waals surface area contributed by atoms with Gasteiger partial charge >= 0.3 is 0 Å². The third-order valence-corrected chi connectivity index (χ3v) is 6.01. The van der Waals surface area contributed by atoms with Crippen LogP contribution in [-0.2, 0) is 10.0 Å². The highest BCUT2D eigenvalue weighted by Crippen LogP contribution is 2.19. The molecule has 1 aliphatic heterocycles. The molecule has 2 unspecified atom stereocenters. The van der Waals surface area contributed by atoms with Crippen LogP contribution in [0, 0.1) is 0 Å². The van der Waals surface area contributed by atoms with Gasteiger partial charge in [0.25, 0.3) is 0 Å². The van der Waals surface area contributed by atoms with Crippen LogP contribution in [-0.4, -0.2) is 69.2 Å². The SMILES string of the molecule is CCN1CCCC1CN(C)S(=O)(=O)C(C)CNC. The predicted octanol–water partition coefficient (Wildman–Crippen LogP) is 0.340. The first-order valence-corrected chi connectivity index (χ1v) is 8.27. The van der Waals surface area contributed by atoms with E-state index in [1.165, 1.54) is 10.7 Å². The van der Waals surface area contributed by atoms with Gasteiger partial charge in [-0.15, -0.1) is 0 Å². The van der Waals surface area contributed by atoms with Gasteiger partial charge in [-0.3, -0.25) is 4.90 Å². The zero-order valence-electron chi connectivity index (χ0n) is 12.0. The average Bonchev–Trinajstić information content (AvgIpc) is 2.76. The van der Waals surface area contributed by atoms with Gasteiger partial charge in [0.05, 0.1) is 5.25 Å². The van der Waals surface area contributed by atoms with Gasteiger partial charge in [-0.25, -0.2) is 12.7 Å². The fourth-order valence-electron chi connectivity index (χ4n) is 2.62. The maximum atomic E-state index is 12.3. The molecule has 0 saturated carbocycles. The van der Waals surface area contributed by atoms with Gasteiger partial charge < -0.3 is 5.32 Å². The summed E-state index contributed by atoms with van der Waals surface area (Å²) in [7, 11) is 0.306. The molecule has 1 rings (SSSR count). The summed E-state index contributed by atoms with van der Waals surface area (Å²) in [5.74, 6) is 0. The minimum Gasteiger partial charge on any atom is -0.318 e. The molecule has 0 aromatic carbocycles. The van der Waals surface area contributed by atoms with Crippen molar-refractivity contribution in [3.8, 4) is 0 Å². The maximum absolute atomic E-state index is 12.3. The van der Waals surface area contributed by atoms with Crippen molar-refractivity contribution >= 4 is 10.0 Å². The van der Waals surface area contributed by atoms with Crippen molar-refractivity contribution in [3.63, 3.8) is 0 Å². The van der Waals surface area contributed by atoms with Gasteiger partial charge in [0.15, 0.2) is 0 Å². The molecule has 1 N–H and O–H groups in total. The second kappa shape index (κ2) is 6.84. The largest absolute Gasteiger partial charge is 0.318 e. The molecule has 1 heterocycles. The molecule has 0 aromatic rings. The van der Waals surface area contributed by atoms with Crippen molar-refractivity contribution in [2.24, 2.45) is 0 Å². The molecule has 6 heteroatoms. The standard InChI is InChI=1S/C12H27N3O2S/c1-5-15-8-6-7-12(15)10-14(4)18(16,17)11(2)9-13-3/h11-13H,5-10H2,1-4H3. The van der Waals surface area contributed by atoms with E-state index in [4.69, 9.17) is 0 Å². The summed E-state index contributed by atoms with van der Waals surface area (Å²) in [5.41, 5.74) is 0. The second-order valence-corrected chi connectivity index (χ2v) is 7.58. The molecule has 0 amide bonds. The highest BCUT2D eigenvalue weighted by molar-refractivity contribution is 7.89. The van der Waals surface area contributed by atoms with Crippen LogP contribution in [0.4, 0.5) is 0 Å². The Morgan fingerprint density at radius 1 is 1.50 bits per heavy atom. The Hall–Kier alpha value is -0.170. The first-order valence-electron chi connectivity index (χ1n) is 6.77. The highest BCUT2D eigenvalue weighted by atomic mass is 32.2. The fourth-order valence-corrected chi connectivity index (χ4v) is 3.99. The van der Waals surface area contributed by atoms with Crippen LogP contribution in [0.5, 0.6) is 0 Å². The summed E-state index contributed by atoms with van der Waals surface area (Å²) in [6.45, 7) is 7.11. The van der Waals surface area contributed by atoms with E-state index in [1.807, 2.05) is 0 Å². The Kier molecular flexibility index (Phi) is 6.04. The lowest BCUT2D eigenvalue weighted by atomic mass is 10.2. The van der Waals surface area contributed by atoms with E-state index in [9.17, 15) is 8.42 Å². The topological polar surface area (TPSA) is 52.7 Å². The summed E-state index contributed by atoms with van der Waals surface area (Å²) in [6, 6.07) is 0.386. The van der Waals surface area contributed by atoms with Gasteiger partial charge in [-0.05, 0) is 39.9 Å². The second-order valence-electron chi connectivity index (χ2n) is 5.12. The molecule has 0 aliphatic carbocycles. The van der Waals surface area contributed by atoms with Crippen LogP contribution in [0.25, 0.3) is 0 Å². The van der Waals surface area contributed by atoms with Crippen molar-refractivity contribution in [1.29, 1.82) is 0 Å². The van der Waals surface area contributed by atoms with Crippen molar-refractivity contribution in [2.75, 3.05) is 40.3 Å². The molecular formula is C12H27N3O2S. The third kappa shape index (κ3) is 3.66. The zero-order chi connectivity index (χ0) is 13.8. The Bertz CT molecular complexity index is 345. The van der Waals surface area contributed by atoms with Crippen LogP contribution in [0.2, 0.25) is 0 Å². The quantitative estimate of drug-likeness (QED) is 0.729. The summed E-state index contributed by atoms with van der Waals surface area (Å²) in [5, 5.41) is 2.55. The van der Waals surface area contributed by atoms with Crippen LogP contribution >= 0.6 is 0 Å². The van der Waals surface area contributed by atoms with Gasteiger partial charge in [0, 0.05) is 26.2 Å². The molecule has 1 fully saturated rings. The maximum Gasteiger partial charge on any atom is 0.217 e. The Labute approximate surface area is 112 Å². The summed E-state index contributed by atoms with van der Waals surface area (Å²) >= 11 is 0. The van der Waals surface area contributed by atoms with Crippen LogP contribution in [0.3, 0.4) is 0 Å². The molecule has 2 atom stereocenters. The number of likely N-dealkylation sites (N-methyl/N-ethyl adjacent to an activating group) is 2. The number of likely N-dealkylation sites (tertiary alicyclic amines) is 1. The number of hydrogen-bond acceptors (Lipinski definition) is 4. The van der Waals surface area contributed by atoms with E-state index >= 15 is 0 Å². The summed E-state index contributed by atoms with van der Waals surface area (Å²) in [4.78, 5) is 2.37. The summed E-state index contributed by atoms with van der Waals surface area (Å²) in [6.07, 6.45) is 2.28.